The van der Waals surface area contributed by atoms with Gasteiger partial charge in [-0.1, -0.05) is 6.07 Å². The molecule has 3 aromatic rings. The highest BCUT2D eigenvalue weighted by Crippen LogP contribution is 2.23. The second-order valence-corrected chi connectivity index (χ2v) is 7.87. The van der Waals surface area contributed by atoms with Crippen molar-refractivity contribution in [3.8, 4) is 0 Å². The number of benzene rings is 2. The fourth-order valence-corrected chi connectivity index (χ4v) is 3.51. The van der Waals surface area contributed by atoms with Gasteiger partial charge < -0.3 is 10.6 Å². The summed E-state index contributed by atoms with van der Waals surface area (Å²) in [5.74, 6) is 1.35. The third-order valence-electron chi connectivity index (χ3n) is 3.52. The zero-order valence-electron chi connectivity index (χ0n) is 14.9. The topological polar surface area (TPSA) is 91.0 Å². The summed E-state index contributed by atoms with van der Waals surface area (Å²) in [7, 11) is 2.35. The molecule has 0 aliphatic carbocycles. The van der Waals surface area contributed by atoms with E-state index >= 15 is 0 Å². The molecule has 0 bridgehead atoms. The number of aromatic nitrogens is 2. The summed E-state index contributed by atoms with van der Waals surface area (Å²) in [6, 6.07) is 17.2. The molecule has 0 saturated heterocycles. The van der Waals surface area contributed by atoms with E-state index in [0.29, 0.717) is 16.5 Å². The highest BCUT2D eigenvalue weighted by molar-refractivity contribution is 7.97. The van der Waals surface area contributed by atoms with Gasteiger partial charge in [0.1, 0.15) is 28.9 Å². The molecule has 3 rings (SSSR count). The molecule has 0 aliphatic heterocycles. The molecule has 2 aromatic carbocycles. The van der Waals surface area contributed by atoms with Gasteiger partial charge in [0.2, 0.25) is 0 Å². The molecule has 0 aliphatic rings. The molecule has 27 heavy (non-hydrogen) atoms. The van der Waals surface area contributed by atoms with Crippen molar-refractivity contribution >= 4 is 45.9 Å². The molecule has 1 unspecified atom stereocenters. The van der Waals surface area contributed by atoms with Crippen LogP contribution in [0.3, 0.4) is 0 Å². The van der Waals surface area contributed by atoms with E-state index in [-0.39, 0.29) is 0 Å². The summed E-state index contributed by atoms with van der Waals surface area (Å²) in [6.07, 6.45) is 1.50. The van der Waals surface area contributed by atoms with Crippen LogP contribution in [0, 0.1) is 0 Å². The number of hydrogen-bond acceptors (Lipinski definition) is 7. The molecule has 0 saturated carbocycles. The molecule has 1 heterocycles. The van der Waals surface area contributed by atoms with Crippen molar-refractivity contribution in [3.63, 3.8) is 0 Å². The minimum Gasteiger partial charge on any atom is -0.340 e. The van der Waals surface area contributed by atoms with Crippen molar-refractivity contribution in [2.45, 2.75) is 9.79 Å². The molecule has 0 fully saturated rings. The molecule has 4 N–H and O–H groups in total. The van der Waals surface area contributed by atoms with Crippen LogP contribution in [0.4, 0.5) is 23.0 Å². The van der Waals surface area contributed by atoms with Gasteiger partial charge >= 0.3 is 0 Å². The Labute approximate surface area is 165 Å². The maximum Gasteiger partial charge on any atom is 0.135 e. The van der Waals surface area contributed by atoms with Crippen LogP contribution in [0.15, 0.2) is 70.7 Å². The largest absolute Gasteiger partial charge is 0.340 e. The van der Waals surface area contributed by atoms with Gasteiger partial charge in [0.25, 0.3) is 0 Å². The lowest BCUT2D eigenvalue weighted by Gasteiger charge is -2.10. The SMILES string of the molecule is CNSc1cccc(Nc2cc(Nc3ccc(S(=O)NC)cc3)ncn2)c1. The molecule has 0 spiro atoms. The third-order valence-corrected chi connectivity index (χ3v) is 5.28. The predicted octanol–water partition coefficient (Wildman–Crippen LogP) is 3.43. The normalized spacial score (nSPS) is 11.8. The summed E-state index contributed by atoms with van der Waals surface area (Å²) in [6.45, 7) is 0. The smallest absolute Gasteiger partial charge is 0.135 e. The number of nitrogens with zero attached hydrogens (tertiary/aromatic N) is 2. The second kappa shape index (κ2) is 9.47. The first kappa shape index (κ1) is 19.3. The third kappa shape index (κ3) is 5.51. The molecule has 140 valence electrons. The molecule has 1 atom stereocenters. The van der Waals surface area contributed by atoms with Gasteiger partial charge in [-0.2, -0.15) is 0 Å². The van der Waals surface area contributed by atoms with Crippen LogP contribution in [0.5, 0.6) is 0 Å². The lowest BCUT2D eigenvalue weighted by molar-refractivity contribution is 0.678. The summed E-state index contributed by atoms with van der Waals surface area (Å²) >= 11 is 1.55. The van der Waals surface area contributed by atoms with E-state index in [0.717, 1.165) is 16.3 Å². The zero-order chi connectivity index (χ0) is 19.1. The van der Waals surface area contributed by atoms with E-state index < -0.39 is 11.0 Å². The van der Waals surface area contributed by atoms with Crippen LogP contribution < -0.4 is 20.1 Å². The lowest BCUT2D eigenvalue weighted by Crippen LogP contribution is -2.10. The van der Waals surface area contributed by atoms with Crippen molar-refractivity contribution in [1.29, 1.82) is 0 Å². The van der Waals surface area contributed by atoms with Gasteiger partial charge in [0, 0.05) is 22.3 Å². The van der Waals surface area contributed by atoms with Crippen molar-refractivity contribution in [2.24, 2.45) is 0 Å². The fourth-order valence-electron chi connectivity index (χ4n) is 2.32. The monoisotopic (exact) mass is 400 g/mol. The molecule has 1 aromatic heterocycles. The van der Waals surface area contributed by atoms with E-state index in [1.807, 2.05) is 49.5 Å². The van der Waals surface area contributed by atoms with Crippen LogP contribution >= 0.6 is 11.9 Å². The Kier molecular flexibility index (Phi) is 6.77. The van der Waals surface area contributed by atoms with Gasteiger partial charge in [0.05, 0.1) is 4.90 Å². The quantitative estimate of drug-likeness (QED) is 0.431. The zero-order valence-corrected chi connectivity index (χ0v) is 16.5. The maximum absolute atomic E-state index is 11.7. The van der Waals surface area contributed by atoms with Crippen LogP contribution in [0.2, 0.25) is 0 Å². The van der Waals surface area contributed by atoms with Crippen LogP contribution in [-0.2, 0) is 11.0 Å². The predicted molar refractivity (Wildman–Crippen MR) is 112 cm³/mol. The molecular weight excluding hydrogens is 380 g/mol. The second-order valence-electron chi connectivity index (χ2n) is 5.37. The molecule has 0 amide bonds. The van der Waals surface area contributed by atoms with E-state index in [2.05, 4.69) is 30.0 Å². The van der Waals surface area contributed by atoms with E-state index in [9.17, 15) is 4.21 Å². The summed E-state index contributed by atoms with van der Waals surface area (Å²) in [5, 5.41) is 6.50. The fraction of sp³-hybridized carbons (Fsp3) is 0.111. The highest BCUT2D eigenvalue weighted by Gasteiger charge is 2.04. The summed E-state index contributed by atoms with van der Waals surface area (Å²) in [5.41, 5.74) is 1.79. The minimum atomic E-state index is -1.19. The molecule has 7 nitrogen and oxygen atoms in total. The van der Waals surface area contributed by atoms with E-state index in [4.69, 9.17) is 0 Å². The number of rotatable bonds is 8. The van der Waals surface area contributed by atoms with Crippen LogP contribution in [-0.4, -0.2) is 28.3 Å². The van der Waals surface area contributed by atoms with Gasteiger partial charge in [-0.25, -0.2) is 18.9 Å². The van der Waals surface area contributed by atoms with Gasteiger partial charge in [-0.05, 0) is 68.5 Å². The molecule has 9 heteroatoms. The first-order valence-corrected chi connectivity index (χ1v) is 10.1. The first-order valence-electron chi connectivity index (χ1n) is 8.17. The Balaban J connectivity index is 1.70. The van der Waals surface area contributed by atoms with Crippen molar-refractivity contribution in [3.05, 3.63) is 60.9 Å². The van der Waals surface area contributed by atoms with Gasteiger partial charge in [0.15, 0.2) is 0 Å². The van der Waals surface area contributed by atoms with Crippen molar-refractivity contribution in [2.75, 3.05) is 24.7 Å². The van der Waals surface area contributed by atoms with Crippen molar-refractivity contribution < 1.29 is 4.21 Å². The Morgan fingerprint density at radius 3 is 2.26 bits per heavy atom. The lowest BCUT2D eigenvalue weighted by atomic mass is 10.3. The Bertz CT molecular complexity index is 920. The number of anilines is 4. The van der Waals surface area contributed by atoms with Gasteiger partial charge in [-0.15, -0.1) is 0 Å². The standard InChI is InChI=1S/C18H20N6OS2/c1-19-26-15-5-3-4-14(10-15)24-18-11-17(21-12-22-18)23-13-6-8-16(9-7-13)27(25)20-2/h3-12,19-20H,1-2H3,(H2,21,22,23,24). The van der Waals surface area contributed by atoms with Crippen LogP contribution in [0.25, 0.3) is 0 Å². The van der Waals surface area contributed by atoms with Gasteiger partial charge in [-0.3, -0.25) is 4.72 Å². The molecular formula is C18H20N6OS2. The number of hydrogen-bond donors (Lipinski definition) is 4. The first-order chi connectivity index (χ1) is 13.2. The van der Waals surface area contributed by atoms with E-state index in [1.54, 1.807) is 31.1 Å². The highest BCUT2D eigenvalue weighted by atomic mass is 32.2. The maximum atomic E-state index is 11.7. The Hall–Kier alpha value is -2.46. The van der Waals surface area contributed by atoms with Crippen LogP contribution in [0.1, 0.15) is 0 Å². The Morgan fingerprint density at radius 2 is 1.59 bits per heavy atom. The average molecular weight is 401 g/mol. The van der Waals surface area contributed by atoms with Crippen molar-refractivity contribution in [1.82, 2.24) is 19.4 Å². The molecule has 0 radical (unpaired) electrons. The Morgan fingerprint density at radius 1 is 0.889 bits per heavy atom. The average Bonchev–Trinajstić information content (AvgIpc) is 2.69. The minimum absolute atomic E-state index is 0.663. The van der Waals surface area contributed by atoms with E-state index in [1.165, 1.54) is 6.33 Å². The summed E-state index contributed by atoms with van der Waals surface area (Å²) < 4.78 is 17.5. The number of nitrogens with one attached hydrogen (secondary N) is 4. The summed E-state index contributed by atoms with van der Waals surface area (Å²) in [4.78, 5) is 10.3.